The lowest BCUT2D eigenvalue weighted by atomic mass is 9.81. The minimum absolute atomic E-state index is 0.113. The molecule has 154 valence electrons. The first-order chi connectivity index (χ1) is 14.1. The van der Waals surface area contributed by atoms with Crippen LogP contribution in [0.3, 0.4) is 0 Å². The summed E-state index contributed by atoms with van der Waals surface area (Å²) in [4.78, 5) is 38.0. The van der Waals surface area contributed by atoms with E-state index < -0.39 is 5.91 Å². The Labute approximate surface area is 168 Å². The smallest absolute Gasteiger partial charge is 0.271 e. The summed E-state index contributed by atoms with van der Waals surface area (Å²) in [5.74, 6) is -0.622. The molecule has 9 heteroatoms. The fraction of sp³-hybridized carbons (Fsp3) is 0.500. The third kappa shape index (κ3) is 3.75. The van der Waals surface area contributed by atoms with Crippen LogP contribution in [0.25, 0.3) is 10.8 Å². The molecule has 1 aromatic heterocycles. The van der Waals surface area contributed by atoms with Crippen molar-refractivity contribution in [2.24, 2.45) is 5.92 Å². The Morgan fingerprint density at radius 2 is 1.90 bits per heavy atom. The van der Waals surface area contributed by atoms with Crippen molar-refractivity contribution in [2.45, 2.75) is 57.7 Å². The monoisotopic (exact) mass is 398 g/mol. The standard InChI is InChI=1S/C20H26N6O3/c1-2-11-26-20(29)13-8-4-3-7-12(13)17(25-26)19(28)24-23-18(27)16-14-9-5-6-10-15(14)21-22-16/h3-4,7-8,14-16,21-22H,2,5-6,9-11H2,1H3,(H,23,27)(H,24,28). The highest BCUT2D eigenvalue weighted by Gasteiger charge is 2.41. The zero-order chi connectivity index (χ0) is 20.4. The highest BCUT2D eigenvalue weighted by molar-refractivity contribution is 6.05. The molecule has 2 aliphatic rings. The molecule has 0 spiro atoms. The van der Waals surface area contributed by atoms with Crippen LogP contribution in [0.1, 0.15) is 49.5 Å². The SMILES string of the molecule is CCCn1nc(C(=O)NNC(=O)C2NNC3CCCCC32)c2ccccc2c1=O. The van der Waals surface area contributed by atoms with Gasteiger partial charge in [-0.05, 0) is 25.3 Å². The molecular formula is C20H26N6O3. The van der Waals surface area contributed by atoms with Crippen molar-refractivity contribution in [3.8, 4) is 0 Å². The number of fused-ring (bicyclic) bond motifs is 2. The van der Waals surface area contributed by atoms with Crippen molar-refractivity contribution in [1.82, 2.24) is 31.5 Å². The summed E-state index contributed by atoms with van der Waals surface area (Å²) < 4.78 is 1.30. The van der Waals surface area contributed by atoms with E-state index in [-0.39, 0.29) is 29.1 Å². The molecule has 1 aromatic carbocycles. The molecule has 2 heterocycles. The molecule has 1 aliphatic carbocycles. The maximum Gasteiger partial charge on any atom is 0.290 e. The van der Waals surface area contributed by atoms with Crippen molar-refractivity contribution < 1.29 is 9.59 Å². The molecule has 2 fully saturated rings. The first kappa shape index (κ1) is 19.5. The second kappa shape index (κ2) is 8.30. The first-order valence-corrected chi connectivity index (χ1v) is 10.2. The van der Waals surface area contributed by atoms with Crippen LogP contribution in [0.15, 0.2) is 29.1 Å². The van der Waals surface area contributed by atoms with E-state index in [1.807, 2.05) is 6.92 Å². The molecule has 2 amide bonds. The Balaban J connectivity index is 1.51. The topological polar surface area (TPSA) is 117 Å². The van der Waals surface area contributed by atoms with E-state index in [9.17, 15) is 14.4 Å². The third-order valence-corrected chi connectivity index (χ3v) is 5.77. The minimum Gasteiger partial charge on any atom is -0.271 e. The molecule has 0 radical (unpaired) electrons. The molecule has 4 rings (SSSR count). The van der Waals surface area contributed by atoms with E-state index >= 15 is 0 Å². The van der Waals surface area contributed by atoms with Crippen LogP contribution in [0, 0.1) is 5.92 Å². The summed E-state index contributed by atoms with van der Waals surface area (Å²) in [5, 5.41) is 5.14. The Morgan fingerprint density at radius 3 is 2.69 bits per heavy atom. The number of aromatic nitrogens is 2. The fourth-order valence-electron chi connectivity index (χ4n) is 4.32. The van der Waals surface area contributed by atoms with Crippen molar-refractivity contribution in [3.63, 3.8) is 0 Å². The van der Waals surface area contributed by atoms with Gasteiger partial charge < -0.3 is 0 Å². The lowest BCUT2D eigenvalue weighted by Gasteiger charge is -2.26. The van der Waals surface area contributed by atoms with Gasteiger partial charge in [-0.2, -0.15) is 5.10 Å². The molecule has 1 saturated heterocycles. The predicted octanol–water partition coefficient (Wildman–Crippen LogP) is 0.603. The zero-order valence-corrected chi connectivity index (χ0v) is 16.4. The lowest BCUT2D eigenvalue weighted by molar-refractivity contribution is -0.124. The van der Waals surface area contributed by atoms with Gasteiger partial charge in [0.2, 0.25) is 0 Å². The van der Waals surface area contributed by atoms with Crippen molar-refractivity contribution in [1.29, 1.82) is 0 Å². The van der Waals surface area contributed by atoms with E-state index in [1.54, 1.807) is 24.3 Å². The largest absolute Gasteiger partial charge is 0.290 e. The van der Waals surface area contributed by atoms with Gasteiger partial charge in [-0.25, -0.2) is 10.1 Å². The number of hydrogen-bond acceptors (Lipinski definition) is 6. The van der Waals surface area contributed by atoms with E-state index in [2.05, 4.69) is 26.8 Å². The maximum absolute atomic E-state index is 12.8. The highest BCUT2D eigenvalue weighted by atomic mass is 16.2. The van der Waals surface area contributed by atoms with Gasteiger partial charge in [-0.1, -0.05) is 38.0 Å². The number of nitrogens with zero attached hydrogens (tertiary/aromatic N) is 2. The van der Waals surface area contributed by atoms with Crippen molar-refractivity contribution in [3.05, 3.63) is 40.3 Å². The Bertz CT molecular complexity index is 988. The summed E-state index contributed by atoms with van der Waals surface area (Å²) in [6.07, 6.45) is 5.00. The van der Waals surface area contributed by atoms with Crippen LogP contribution < -0.4 is 27.3 Å². The van der Waals surface area contributed by atoms with Gasteiger partial charge in [0, 0.05) is 23.9 Å². The number of nitrogens with one attached hydrogen (secondary N) is 4. The minimum atomic E-state index is -0.550. The number of amides is 2. The van der Waals surface area contributed by atoms with E-state index in [4.69, 9.17) is 0 Å². The normalized spacial score (nSPS) is 23.6. The molecule has 9 nitrogen and oxygen atoms in total. The van der Waals surface area contributed by atoms with Gasteiger partial charge in [0.15, 0.2) is 5.69 Å². The summed E-state index contributed by atoms with van der Waals surface area (Å²) >= 11 is 0. The molecular weight excluding hydrogens is 372 g/mol. The zero-order valence-electron chi connectivity index (χ0n) is 16.4. The molecule has 3 unspecified atom stereocenters. The molecule has 29 heavy (non-hydrogen) atoms. The first-order valence-electron chi connectivity index (χ1n) is 10.2. The van der Waals surface area contributed by atoms with Crippen LogP contribution in [-0.4, -0.2) is 33.7 Å². The second-order valence-electron chi connectivity index (χ2n) is 7.69. The Kier molecular flexibility index (Phi) is 5.59. The van der Waals surface area contributed by atoms with Gasteiger partial charge in [0.1, 0.15) is 6.04 Å². The van der Waals surface area contributed by atoms with Gasteiger partial charge in [-0.15, -0.1) is 0 Å². The number of rotatable bonds is 4. The number of hydrogen-bond donors (Lipinski definition) is 4. The maximum atomic E-state index is 12.8. The van der Waals surface area contributed by atoms with Crippen LogP contribution >= 0.6 is 0 Å². The second-order valence-corrected chi connectivity index (χ2v) is 7.69. The highest BCUT2D eigenvalue weighted by Crippen LogP contribution is 2.30. The number of carbonyl (C=O) groups excluding carboxylic acids is 2. The average molecular weight is 398 g/mol. The number of hydrazine groups is 2. The Hall–Kier alpha value is -2.78. The number of benzene rings is 1. The predicted molar refractivity (Wildman–Crippen MR) is 108 cm³/mol. The molecule has 3 atom stereocenters. The van der Waals surface area contributed by atoms with Crippen LogP contribution in [0.5, 0.6) is 0 Å². The summed E-state index contributed by atoms with van der Waals surface area (Å²) in [6, 6.07) is 6.77. The Morgan fingerprint density at radius 1 is 1.14 bits per heavy atom. The summed E-state index contributed by atoms with van der Waals surface area (Å²) in [6.45, 7) is 2.35. The quantitative estimate of drug-likeness (QED) is 0.561. The molecule has 1 aliphatic heterocycles. The summed E-state index contributed by atoms with van der Waals surface area (Å²) in [7, 11) is 0. The van der Waals surface area contributed by atoms with Gasteiger partial charge in [0.25, 0.3) is 17.4 Å². The van der Waals surface area contributed by atoms with Crippen molar-refractivity contribution >= 4 is 22.6 Å². The lowest BCUT2D eigenvalue weighted by Crippen LogP contribution is -2.52. The van der Waals surface area contributed by atoms with Crippen LogP contribution in [0.2, 0.25) is 0 Å². The van der Waals surface area contributed by atoms with Crippen LogP contribution in [0.4, 0.5) is 0 Å². The number of aryl methyl sites for hydroxylation is 1. The van der Waals surface area contributed by atoms with E-state index in [0.29, 0.717) is 29.8 Å². The average Bonchev–Trinajstić information content (AvgIpc) is 3.18. The van der Waals surface area contributed by atoms with Crippen molar-refractivity contribution in [2.75, 3.05) is 0 Å². The van der Waals surface area contributed by atoms with Crippen LogP contribution in [-0.2, 0) is 11.3 Å². The van der Waals surface area contributed by atoms with E-state index in [1.165, 1.54) is 4.68 Å². The summed E-state index contributed by atoms with van der Waals surface area (Å²) in [5.41, 5.74) is 11.1. The van der Waals surface area contributed by atoms with Gasteiger partial charge >= 0.3 is 0 Å². The third-order valence-electron chi connectivity index (χ3n) is 5.77. The molecule has 4 N–H and O–H groups in total. The van der Waals surface area contributed by atoms with Gasteiger partial charge in [-0.3, -0.25) is 30.7 Å². The van der Waals surface area contributed by atoms with Gasteiger partial charge in [0.05, 0.1) is 5.39 Å². The van der Waals surface area contributed by atoms with E-state index in [0.717, 1.165) is 25.7 Å². The number of carbonyl (C=O) groups is 2. The molecule has 2 aromatic rings. The molecule has 0 bridgehead atoms. The molecule has 1 saturated carbocycles. The fourth-order valence-corrected chi connectivity index (χ4v) is 4.32.